The van der Waals surface area contributed by atoms with Crippen LogP contribution in [0.2, 0.25) is 0 Å². The van der Waals surface area contributed by atoms with E-state index in [0.29, 0.717) is 0 Å². The summed E-state index contributed by atoms with van der Waals surface area (Å²) in [6.07, 6.45) is 1.80. The van der Waals surface area contributed by atoms with Crippen molar-refractivity contribution in [2.75, 3.05) is 18.7 Å². The van der Waals surface area contributed by atoms with E-state index in [-0.39, 0.29) is 42.0 Å². The van der Waals surface area contributed by atoms with Crippen LogP contribution < -0.4 is 26.6 Å². The van der Waals surface area contributed by atoms with Crippen LogP contribution in [0.5, 0.6) is 0 Å². The molecule has 0 saturated carbocycles. The molecule has 0 aliphatic heterocycles. The Kier molecular flexibility index (Phi) is 13.6. The zero-order valence-electron chi connectivity index (χ0n) is 20.3. The summed E-state index contributed by atoms with van der Waals surface area (Å²) >= 11 is 1.37. The van der Waals surface area contributed by atoms with E-state index in [1.54, 1.807) is 47.8 Å². The molecule has 10 nitrogen and oxygen atoms in total. The van der Waals surface area contributed by atoms with Gasteiger partial charge < -0.3 is 26.6 Å². The number of hydrogen-bond donors (Lipinski definition) is 5. The first kappa shape index (κ1) is 29.7. The number of amides is 5. The van der Waals surface area contributed by atoms with Crippen LogP contribution in [0.15, 0.2) is 0 Å². The molecule has 0 aliphatic rings. The van der Waals surface area contributed by atoms with Gasteiger partial charge in [-0.05, 0) is 24.0 Å². The van der Waals surface area contributed by atoms with Crippen LogP contribution in [-0.2, 0) is 24.0 Å². The lowest BCUT2D eigenvalue weighted by molar-refractivity contribution is -0.135. The predicted molar refractivity (Wildman–Crippen MR) is 126 cm³/mol. The summed E-state index contributed by atoms with van der Waals surface area (Å²) in [6.45, 7) is 12.0. The number of nitrogens with one attached hydrogen (secondary N) is 5. The molecule has 0 fully saturated rings. The molecule has 0 spiro atoms. The standard InChI is InChI=1S/C21H39N5O5S/c1-11(2)16(19(29)23-10-22-15(28)9-32-8)25-21(31)18(13(5)6)26-20(30)17(12(3)4)24-14(7)27/h11-13,16-18H,9-10H2,1-8H3,(H,22,28)(H,23,29)(H,24,27)(H,25,31)(H,26,30). The van der Waals surface area contributed by atoms with Gasteiger partial charge in [0.25, 0.3) is 0 Å². The number of hydrogen-bond acceptors (Lipinski definition) is 6. The van der Waals surface area contributed by atoms with Gasteiger partial charge in [0.1, 0.15) is 18.1 Å². The van der Waals surface area contributed by atoms with Gasteiger partial charge in [0.2, 0.25) is 29.5 Å². The molecule has 3 atom stereocenters. The summed E-state index contributed by atoms with van der Waals surface area (Å²) in [5.41, 5.74) is 0. The zero-order valence-corrected chi connectivity index (χ0v) is 21.1. The van der Waals surface area contributed by atoms with E-state index in [4.69, 9.17) is 0 Å². The first-order chi connectivity index (χ1) is 14.8. The van der Waals surface area contributed by atoms with E-state index in [2.05, 4.69) is 26.6 Å². The Bertz CT molecular complexity index is 669. The number of thioether (sulfide) groups is 1. The normalized spacial score (nSPS) is 13.8. The van der Waals surface area contributed by atoms with Crippen molar-refractivity contribution in [3.8, 4) is 0 Å². The van der Waals surface area contributed by atoms with E-state index in [0.717, 1.165) is 0 Å². The second kappa shape index (κ2) is 14.7. The molecular weight excluding hydrogens is 434 g/mol. The Morgan fingerprint density at radius 1 is 0.656 bits per heavy atom. The van der Waals surface area contributed by atoms with Crippen molar-refractivity contribution in [1.82, 2.24) is 26.6 Å². The average molecular weight is 474 g/mol. The lowest BCUT2D eigenvalue weighted by Gasteiger charge is -2.29. The quantitative estimate of drug-likeness (QED) is 0.238. The number of carbonyl (C=O) groups excluding carboxylic acids is 5. The number of carbonyl (C=O) groups is 5. The van der Waals surface area contributed by atoms with E-state index >= 15 is 0 Å². The van der Waals surface area contributed by atoms with Crippen molar-refractivity contribution < 1.29 is 24.0 Å². The van der Waals surface area contributed by atoms with Gasteiger partial charge in [0.05, 0.1) is 12.4 Å². The molecule has 0 aromatic rings. The summed E-state index contributed by atoms with van der Waals surface area (Å²) < 4.78 is 0. The average Bonchev–Trinajstić information content (AvgIpc) is 2.67. The highest BCUT2D eigenvalue weighted by atomic mass is 32.2. The van der Waals surface area contributed by atoms with Gasteiger partial charge in [-0.3, -0.25) is 24.0 Å². The highest BCUT2D eigenvalue weighted by Gasteiger charge is 2.32. The lowest BCUT2D eigenvalue weighted by Crippen LogP contribution is -2.60. The minimum atomic E-state index is -0.896. The van der Waals surface area contributed by atoms with Crippen LogP contribution in [0.3, 0.4) is 0 Å². The van der Waals surface area contributed by atoms with Crippen LogP contribution in [0.1, 0.15) is 48.5 Å². The topological polar surface area (TPSA) is 146 Å². The molecule has 32 heavy (non-hydrogen) atoms. The van der Waals surface area contributed by atoms with Gasteiger partial charge in [-0.2, -0.15) is 11.8 Å². The Labute approximate surface area is 195 Å². The van der Waals surface area contributed by atoms with Crippen molar-refractivity contribution in [1.29, 1.82) is 0 Å². The highest BCUT2D eigenvalue weighted by Crippen LogP contribution is 2.09. The maximum absolute atomic E-state index is 13.0. The fourth-order valence-electron chi connectivity index (χ4n) is 2.83. The Morgan fingerprint density at radius 2 is 1.06 bits per heavy atom. The second-order valence-electron chi connectivity index (χ2n) is 8.63. The molecule has 184 valence electrons. The fourth-order valence-corrected chi connectivity index (χ4v) is 3.20. The monoisotopic (exact) mass is 473 g/mol. The van der Waals surface area contributed by atoms with Gasteiger partial charge in [-0.25, -0.2) is 0 Å². The van der Waals surface area contributed by atoms with E-state index in [1.807, 2.05) is 0 Å². The summed E-state index contributed by atoms with van der Waals surface area (Å²) in [6, 6.07) is -2.53. The maximum Gasteiger partial charge on any atom is 0.244 e. The minimum absolute atomic E-state index is 0.0472. The van der Waals surface area contributed by atoms with Crippen LogP contribution in [0.25, 0.3) is 0 Å². The minimum Gasteiger partial charge on any atom is -0.344 e. The summed E-state index contributed by atoms with van der Waals surface area (Å²) in [4.78, 5) is 61.2. The van der Waals surface area contributed by atoms with Crippen molar-refractivity contribution in [2.24, 2.45) is 17.8 Å². The van der Waals surface area contributed by atoms with Crippen molar-refractivity contribution >= 4 is 41.3 Å². The van der Waals surface area contributed by atoms with E-state index < -0.39 is 35.8 Å². The molecule has 0 bridgehead atoms. The molecule has 0 aromatic heterocycles. The lowest BCUT2D eigenvalue weighted by atomic mass is 9.98. The largest absolute Gasteiger partial charge is 0.344 e. The summed E-state index contributed by atoms with van der Waals surface area (Å²) in [7, 11) is 0. The van der Waals surface area contributed by atoms with E-state index in [9.17, 15) is 24.0 Å². The molecule has 5 N–H and O–H groups in total. The molecule has 3 unspecified atom stereocenters. The van der Waals surface area contributed by atoms with Crippen LogP contribution in [0, 0.1) is 17.8 Å². The Morgan fingerprint density at radius 3 is 1.44 bits per heavy atom. The van der Waals surface area contributed by atoms with Gasteiger partial charge in [0, 0.05) is 6.92 Å². The van der Waals surface area contributed by atoms with Crippen molar-refractivity contribution in [3.05, 3.63) is 0 Å². The van der Waals surface area contributed by atoms with Gasteiger partial charge in [-0.1, -0.05) is 41.5 Å². The Balaban J connectivity index is 5.20. The highest BCUT2D eigenvalue weighted by molar-refractivity contribution is 7.99. The third-order valence-electron chi connectivity index (χ3n) is 4.63. The third-order valence-corrected chi connectivity index (χ3v) is 5.18. The molecule has 0 aliphatic carbocycles. The maximum atomic E-state index is 13.0. The predicted octanol–water partition coefficient (Wildman–Crippen LogP) is -0.0184. The fraction of sp³-hybridized carbons (Fsp3) is 0.762. The number of rotatable bonds is 13. The zero-order chi connectivity index (χ0) is 25.0. The molecule has 5 amide bonds. The molecule has 0 heterocycles. The van der Waals surface area contributed by atoms with E-state index in [1.165, 1.54) is 18.7 Å². The van der Waals surface area contributed by atoms with Crippen molar-refractivity contribution in [2.45, 2.75) is 66.6 Å². The molecular formula is C21H39N5O5S. The molecule has 0 saturated heterocycles. The molecule has 0 radical (unpaired) electrons. The molecule has 0 aromatic carbocycles. The second-order valence-corrected chi connectivity index (χ2v) is 9.50. The van der Waals surface area contributed by atoms with Gasteiger partial charge in [0.15, 0.2) is 0 Å². The molecule has 0 rings (SSSR count). The third kappa shape index (κ3) is 10.8. The van der Waals surface area contributed by atoms with Gasteiger partial charge >= 0.3 is 0 Å². The molecule has 11 heteroatoms. The first-order valence-electron chi connectivity index (χ1n) is 10.7. The van der Waals surface area contributed by atoms with Crippen LogP contribution in [0.4, 0.5) is 0 Å². The van der Waals surface area contributed by atoms with Crippen LogP contribution in [-0.4, -0.2) is 66.3 Å². The first-order valence-corrected chi connectivity index (χ1v) is 12.1. The SMILES string of the molecule is CSCC(=O)NCNC(=O)C(NC(=O)C(NC(=O)C(NC(C)=O)C(C)C)C(C)C)C(C)C. The van der Waals surface area contributed by atoms with Crippen LogP contribution >= 0.6 is 11.8 Å². The summed E-state index contributed by atoms with van der Waals surface area (Å²) in [5.74, 6) is -2.33. The smallest absolute Gasteiger partial charge is 0.244 e. The summed E-state index contributed by atoms with van der Waals surface area (Å²) in [5, 5.41) is 13.2. The van der Waals surface area contributed by atoms with Crippen molar-refractivity contribution in [3.63, 3.8) is 0 Å². The Hall–Kier alpha value is -2.30. The van der Waals surface area contributed by atoms with Gasteiger partial charge in [-0.15, -0.1) is 0 Å².